The highest BCUT2D eigenvalue weighted by Gasteiger charge is 2.29. The van der Waals surface area contributed by atoms with Gasteiger partial charge in [0.2, 0.25) is 0 Å². The monoisotopic (exact) mass is 415 g/mol. The number of hydrogen-bond donors (Lipinski definition) is 2. The van der Waals surface area contributed by atoms with E-state index in [4.69, 9.17) is 0 Å². The van der Waals surface area contributed by atoms with Crippen molar-refractivity contribution in [2.45, 2.75) is 18.9 Å². The Kier molecular flexibility index (Phi) is 5.26. The van der Waals surface area contributed by atoms with Crippen LogP contribution in [-0.4, -0.2) is 41.6 Å². The van der Waals surface area contributed by atoms with Gasteiger partial charge in [-0.3, -0.25) is 14.6 Å². The number of aromatic nitrogens is 2. The molecule has 1 aromatic carbocycles. The number of nitrogens with zero attached hydrogens (tertiary/aromatic N) is 3. The molecule has 1 aliphatic heterocycles. The summed E-state index contributed by atoms with van der Waals surface area (Å²) in [6, 6.07) is 13.1. The molecular weight excluding hydrogens is 390 g/mol. The van der Waals surface area contributed by atoms with Crippen molar-refractivity contribution in [3.05, 3.63) is 88.1 Å². The van der Waals surface area contributed by atoms with Gasteiger partial charge in [0, 0.05) is 56.1 Å². The molecule has 31 heavy (non-hydrogen) atoms. The van der Waals surface area contributed by atoms with Crippen molar-refractivity contribution in [2.75, 3.05) is 36.4 Å². The van der Waals surface area contributed by atoms with Crippen LogP contribution in [0.15, 0.2) is 65.8 Å². The van der Waals surface area contributed by atoms with E-state index in [1.807, 2.05) is 0 Å². The fourth-order valence-corrected chi connectivity index (χ4v) is 4.67. The van der Waals surface area contributed by atoms with Gasteiger partial charge in [-0.2, -0.15) is 0 Å². The maximum atomic E-state index is 13.3. The number of benzene rings is 1. The summed E-state index contributed by atoms with van der Waals surface area (Å²) in [4.78, 5) is 32.4. The molecule has 0 spiro atoms. The number of carbonyl (C=O) groups excluding carboxylic acids is 1. The van der Waals surface area contributed by atoms with Crippen LogP contribution in [0, 0.1) is 0 Å². The number of anilines is 2. The van der Waals surface area contributed by atoms with Gasteiger partial charge >= 0.3 is 0 Å². The smallest absolute Gasteiger partial charge is 0.263 e. The summed E-state index contributed by atoms with van der Waals surface area (Å²) in [5.74, 6) is -0.404. The number of fused-ring (bicyclic) bond motifs is 1. The lowest BCUT2D eigenvalue weighted by molar-refractivity contribution is 0.102. The first-order valence-electron chi connectivity index (χ1n) is 10.7. The average molecular weight is 415 g/mol. The maximum Gasteiger partial charge on any atom is 0.263 e. The molecule has 0 saturated carbocycles. The second-order valence-electron chi connectivity index (χ2n) is 7.96. The van der Waals surface area contributed by atoms with Crippen molar-refractivity contribution >= 4 is 17.3 Å². The molecule has 2 aromatic heterocycles. The molecule has 1 amide bonds. The Bertz CT molecular complexity index is 1150. The zero-order valence-corrected chi connectivity index (χ0v) is 17.3. The van der Waals surface area contributed by atoms with Crippen molar-refractivity contribution in [2.24, 2.45) is 0 Å². The Labute approximate surface area is 180 Å². The Morgan fingerprint density at radius 3 is 2.68 bits per heavy atom. The summed E-state index contributed by atoms with van der Waals surface area (Å²) in [6.07, 6.45) is 6.78. The molecule has 7 nitrogen and oxygen atoms in total. The molecule has 2 aliphatic rings. The van der Waals surface area contributed by atoms with E-state index in [1.54, 1.807) is 47.4 Å². The highest BCUT2D eigenvalue weighted by molar-refractivity contribution is 6.03. The van der Waals surface area contributed by atoms with Crippen molar-refractivity contribution in [3.63, 3.8) is 0 Å². The van der Waals surface area contributed by atoms with Gasteiger partial charge < -0.3 is 20.1 Å². The second kappa shape index (κ2) is 8.35. The largest absolute Gasteiger partial charge is 0.369 e. The normalized spacial score (nSPS) is 17.9. The van der Waals surface area contributed by atoms with Crippen LogP contribution in [0.1, 0.15) is 33.9 Å². The fourth-order valence-electron chi connectivity index (χ4n) is 4.67. The van der Waals surface area contributed by atoms with Gasteiger partial charge in [0.05, 0.1) is 6.04 Å². The minimum absolute atomic E-state index is 0.0564. The van der Waals surface area contributed by atoms with Gasteiger partial charge in [-0.25, -0.2) is 0 Å². The number of hydrogen-bond acceptors (Lipinski definition) is 5. The molecule has 0 radical (unpaired) electrons. The van der Waals surface area contributed by atoms with Crippen LogP contribution in [0.25, 0.3) is 0 Å². The fraction of sp³-hybridized carbons (Fsp3) is 0.292. The van der Waals surface area contributed by atoms with E-state index in [-0.39, 0.29) is 17.2 Å². The lowest BCUT2D eigenvalue weighted by Gasteiger charge is -2.31. The van der Waals surface area contributed by atoms with Crippen LogP contribution in [0.2, 0.25) is 0 Å². The third-order valence-electron chi connectivity index (χ3n) is 6.17. The molecule has 1 aliphatic carbocycles. The Hall–Kier alpha value is -3.45. The molecular formula is C24H25N5O2. The molecule has 5 rings (SSSR count). The second-order valence-corrected chi connectivity index (χ2v) is 7.96. The van der Waals surface area contributed by atoms with Crippen LogP contribution in [0.3, 0.4) is 0 Å². The lowest BCUT2D eigenvalue weighted by Crippen LogP contribution is -2.43. The summed E-state index contributed by atoms with van der Waals surface area (Å²) in [5.41, 5.74) is 4.28. The van der Waals surface area contributed by atoms with Crippen molar-refractivity contribution in [3.8, 4) is 0 Å². The average Bonchev–Trinajstić information content (AvgIpc) is 3.24. The van der Waals surface area contributed by atoms with Crippen LogP contribution < -0.4 is 21.1 Å². The maximum absolute atomic E-state index is 13.3. The molecule has 2 N–H and O–H groups in total. The van der Waals surface area contributed by atoms with E-state index in [0.29, 0.717) is 5.69 Å². The Balaban J connectivity index is 1.46. The highest BCUT2D eigenvalue weighted by atomic mass is 16.2. The molecule has 3 heterocycles. The van der Waals surface area contributed by atoms with Crippen molar-refractivity contribution in [1.29, 1.82) is 0 Å². The quantitative estimate of drug-likeness (QED) is 0.684. The van der Waals surface area contributed by atoms with Crippen LogP contribution in [0.5, 0.6) is 0 Å². The van der Waals surface area contributed by atoms with E-state index in [2.05, 4.69) is 38.7 Å². The van der Waals surface area contributed by atoms with E-state index in [9.17, 15) is 9.59 Å². The van der Waals surface area contributed by atoms with Gasteiger partial charge in [0.15, 0.2) is 0 Å². The van der Waals surface area contributed by atoms with Gasteiger partial charge in [-0.15, -0.1) is 0 Å². The Morgan fingerprint density at radius 2 is 1.87 bits per heavy atom. The molecule has 1 fully saturated rings. The molecule has 7 heteroatoms. The summed E-state index contributed by atoms with van der Waals surface area (Å²) < 4.78 is 1.72. The zero-order chi connectivity index (χ0) is 21.2. The van der Waals surface area contributed by atoms with Gasteiger partial charge in [-0.1, -0.05) is 12.1 Å². The standard InChI is InChI=1S/C24H25N5O2/c30-23(27-17-8-10-25-11-9-17)20-4-2-14-29(24(20)31)22-7-6-19-18(22)3-1-5-21(19)28-15-12-26-13-16-28/h1-5,8-11,14,22,26H,6-7,12-13,15-16H2,(H,25,27,30). The molecule has 1 unspecified atom stereocenters. The molecule has 0 bridgehead atoms. The summed E-state index contributed by atoms with van der Waals surface area (Å²) in [5, 5.41) is 6.18. The van der Waals surface area contributed by atoms with Gasteiger partial charge in [-0.05, 0) is 54.3 Å². The van der Waals surface area contributed by atoms with Crippen LogP contribution in [-0.2, 0) is 6.42 Å². The highest BCUT2D eigenvalue weighted by Crippen LogP contribution is 2.39. The van der Waals surface area contributed by atoms with Gasteiger partial charge in [0.25, 0.3) is 11.5 Å². The first kappa shape index (κ1) is 19.5. The zero-order valence-electron chi connectivity index (χ0n) is 17.3. The predicted octanol–water partition coefficient (Wildman–Crippen LogP) is 2.44. The third kappa shape index (κ3) is 3.72. The van der Waals surface area contributed by atoms with Crippen LogP contribution in [0.4, 0.5) is 11.4 Å². The summed E-state index contributed by atoms with van der Waals surface area (Å²) in [6.45, 7) is 3.96. The minimum atomic E-state index is -0.404. The third-order valence-corrected chi connectivity index (χ3v) is 6.17. The predicted molar refractivity (Wildman–Crippen MR) is 121 cm³/mol. The number of carbonyl (C=O) groups is 1. The minimum Gasteiger partial charge on any atom is -0.369 e. The van der Waals surface area contributed by atoms with Crippen molar-refractivity contribution < 1.29 is 4.79 Å². The van der Waals surface area contributed by atoms with E-state index < -0.39 is 5.91 Å². The molecule has 1 atom stereocenters. The Morgan fingerprint density at radius 1 is 1.06 bits per heavy atom. The van der Waals surface area contributed by atoms with E-state index in [0.717, 1.165) is 39.0 Å². The topological polar surface area (TPSA) is 79.3 Å². The first-order chi connectivity index (χ1) is 15.2. The van der Waals surface area contributed by atoms with Crippen LogP contribution >= 0.6 is 0 Å². The molecule has 158 valence electrons. The number of nitrogens with one attached hydrogen (secondary N) is 2. The van der Waals surface area contributed by atoms with Gasteiger partial charge in [0.1, 0.15) is 5.56 Å². The number of piperazine rings is 1. The number of rotatable bonds is 4. The SMILES string of the molecule is O=C(Nc1ccncc1)c1cccn(C2CCc3c2cccc3N2CCNCC2)c1=O. The summed E-state index contributed by atoms with van der Waals surface area (Å²) in [7, 11) is 0. The first-order valence-corrected chi connectivity index (χ1v) is 10.7. The molecule has 1 saturated heterocycles. The van der Waals surface area contributed by atoms with E-state index >= 15 is 0 Å². The molecule has 3 aromatic rings. The summed E-state index contributed by atoms with van der Waals surface area (Å²) >= 11 is 0. The number of pyridine rings is 2. The lowest BCUT2D eigenvalue weighted by atomic mass is 10.0. The number of amides is 1. The van der Waals surface area contributed by atoms with Crippen molar-refractivity contribution in [1.82, 2.24) is 14.9 Å². The van der Waals surface area contributed by atoms with E-state index in [1.165, 1.54) is 16.8 Å².